The summed E-state index contributed by atoms with van der Waals surface area (Å²) in [5, 5.41) is 0. The molecule has 2 rings (SSSR count). The number of amides is 2. The maximum Gasteiger partial charge on any atom is 0.417 e. The molecular formula is C18H33NO4Si. The average molecular weight is 356 g/mol. The fourth-order valence-corrected chi connectivity index (χ4v) is 6.41. The topological polar surface area (TPSA) is 55.8 Å². The summed E-state index contributed by atoms with van der Waals surface area (Å²) < 4.78 is 11.9. The molecule has 0 aromatic rings. The number of carbonyl (C=O) groups excluding carboxylic acids is 2. The zero-order valence-corrected chi connectivity index (χ0v) is 17.1. The first kappa shape index (κ1) is 19.4. The molecule has 0 aromatic carbocycles. The largest absolute Gasteiger partial charge is 0.443 e. The smallest absolute Gasteiger partial charge is 0.417 e. The second-order valence-electron chi connectivity index (χ2n) is 8.15. The van der Waals surface area contributed by atoms with E-state index in [1.165, 1.54) is 11.3 Å². The first-order valence-electron chi connectivity index (χ1n) is 9.42. The molecule has 1 saturated heterocycles. The number of hydrogen-bond acceptors (Lipinski definition) is 4. The van der Waals surface area contributed by atoms with Crippen molar-refractivity contribution in [2.45, 2.75) is 96.7 Å². The summed E-state index contributed by atoms with van der Waals surface area (Å²) in [5.41, 5.74) is -0.595. The SMILES string of the molecule is CC[Si](CC)(CC)O[C@H]1C(=O)N(C(=O)OC(C)(C)C)[C@H]1C1CCC1. The Morgan fingerprint density at radius 2 is 1.71 bits per heavy atom. The fourth-order valence-electron chi connectivity index (χ4n) is 3.63. The monoisotopic (exact) mass is 355 g/mol. The van der Waals surface area contributed by atoms with Crippen LogP contribution in [-0.2, 0) is 14.0 Å². The van der Waals surface area contributed by atoms with Crippen molar-refractivity contribution in [3.8, 4) is 0 Å². The van der Waals surface area contributed by atoms with Gasteiger partial charge >= 0.3 is 6.09 Å². The lowest BCUT2D eigenvalue weighted by atomic mass is 9.73. The summed E-state index contributed by atoms with van der Waals surface area (Å²) in [7, 11) is -1.88. The number of nitrogens with zero attached hydrogens (tertiary/aromatic N) is 1. The number of carbonyl (C=O) groups is 2. The molecule has 2 atom stereocenters. The number of β-lactam (4-membered cyclic amide) rings is 1. The lowest BCUT2D eigenvalue weighted by Gasteiger charge is -2.53. The highest BCUT2D eigenvalue weighted by atomic mass is 28.4. The van der Waals surface area contributed by atoms with Crippen LogP contribution in [0.4, 0.5) is 4.79 Å². The average Bonchev–Trinajstić information content (AvgIpc) is 2.45. The van der Waals surface area contributed by atoms with Crippen molar-refractivity contribution in [1.82, 2.24) is 4.90 Å². The third kappa shape index (κ3) is 3.69. The second-order valence-corrected chi connectivity index (χ2v) is 12.9. The van der Waals surface area contributed by atoms with Gasteiger partial charge in [-0.15, -0.1) is 0 Å². The van der Waals surface area contributed by atoms with Gasteiger partial charge in [-0.25, -0.2) is 9.69 Å². The van der Waals surface area contributed by atoms with Gasteiger partial charge in [-0.3, -0.25) is 4.79 Å². The highest BCUT2D eigenvalue weighted by molar-refractivity contribution is 6.73. The highest BCUT2D eigenvalue weighted by Crippen LogP contribution is 2.42. The van der Waals surface area contributed by atoms with Gasteiger partial charge in [0.05, 0.1) is 6.04 Å². The Hall–Kier alpha value is -0.883. The maximum atomic E-state index is 12.7. The summed E-state index contributed by atoms with van der Waals surface area (Å²) in [6.45, 7) is 11.9. The molecule has 0 aromatic heterocycles. The Bertz CT molecular complexity index is 472. The molecule has 0 bridgehead atoms. The Kier molecular flexibility index (Phi) is 5.80. The van der Waals surface area contributed by atoms with Gasteiger partial charge in [0.25, 0.3) is 5.91 Å². The van der Waals surface area contributed by atoms with Crippen molar-refractivity contribution in [3.05, 3.63) is 0 Å². The Labute approximate surface area is 147 Å². The van der Waals surface area contributed by atoms with Crippen LogP contribution in [0.1, 0.15) is 60.8 Å². The quantitative estimate of drug-likeness (QED) is 0.526. The standard InChI is InChI=1S/C18H33NO4Si/c1-7-24(8-2,9-3)23-15-14(13-11-10-12-13)19(16(15)20)17(21)22-18(4,5)6/h13-15H,7-12H2,1-6H3/t14-,15+/m0/s1. The van der Waals surface area contributed by atoms with Crippen molar-refractivity contribution in [1.29, 1.82) is 0 Å². The van der Waals surface area contributed by atoms with E-state index in [9.17, 15) is 9.59 Å². The zero-order valence-electron chi connectivity index (χ0n) is 16.1. The molecule has 2 fully saturated rings. The first-order valence-corrected chi connectivity index (χ1v) is 11.9. The third-order valence-electron chi connectivity index (χ3n) is 5.62. The molecule has 0 spiro atoms. The number of hydrogen-bond donors (Lipinski definition) is 0. The van der Waals surface area contributed by atoms with Crippen LogP contribution in [0.25, 0.3) is 0 Å². The molecule has 1 aliphatic heterocycles. The van der Waals surface area contributed by atoms with Gasteiger partial charge in [0.1, 0.15) is 11.7 Å². The molecule has 1 saturated carbocycles. The lowest BCUT2D eigenvalue weighted by molar-refractivity contribution is -0.168. The predicted octanol–water partition coefficient (Wildman–Crippen LogP) is 4.32. The lowest BCUT2D eigenvalue weighted by Crippen LogP contribution is -2.72. The van der Waals surface area contributed by atoms with E-state index in [4.69, 9.17) is 9.16 Å². The molecule has 0 N–H and O–H groups in total. The van der Waals surface area contributed by atoms with Gasteiger partial charge < -0.3 is 9.16 Å². The van der Waals surface area contributed by atoms with Gasteiger partial charge in [0.15, 0.2) is 8.32 Å². The van der Waals surface area contributed by atoms with Crippen LogP contribution in [0, 0.1) is 5.92 Å². The van der Waals surface area contributed by atoms with Crippen molar-refractivity contribution in [3.63, 3.8) is 0 Å². The molecule has 0 radical (unpaired) electrons. The molecule has 138 valence electrons. The normalized spacial score (nSPS) is 25.2. The van der Waals surface area contributed by atoms with Gasteiger partial charge in [0.2, 0.25) is 0 Å². The summed E-state index contributed by atoms with van der Waals surface area (Å²) in [6.07, 6.45) is 2.35. The summed E-state index contributed by atoms with van der Waals surface area (Å²) in [4.78, 5) is 26.5. The van der Waals surface area contributed by atoms with Crippen LogP contribution in [0.15, 0.2) is 0 Å². The van der Waals surface area contributed by atoms with E-state index in [0.717, 1.165) is 31.0 Å². The van der Waals surface area contributed by atoms with Crippen LogP contribution in [0.5, 0.6) is 0 Å². The van der Waals surface area contributed by atoms with Gasteiger partial charge in [-0.1, -0.05) is 27.2 Å². The second kappa shape index (κ2) is 7.16. The maximum absolute atomic E-state index is 12.7. The van der Waals surface area contributed by atoms with Gasteiger partial charge in [-0.05, 0) is 57.7 Å². The molecule has 5 nitrogen and oxygen atoms in total. The van der Waals surface area contributed by atoms with Crippen molar-refractivity contribution in [2.24, 2.45) is 5.92 Å². The number of likely N-dealkylation sites (tertiary alicyclic amines) is 1. The van der Waals surface area contributed by atoms with E-state index in [0.29, 0.717) is 5.92 Å². The minimum Gasteiger partial charge on any atom is -0.443 e. The fraction of sp³-hybridized carbons (Fsp3) is 0.889. The van der Waals surface area contributed by atoms with Crippen LogP contribution in [-0.4, -0.2) is 43.0 Å². The first-order chi connectivity index (χ1) is 11.2. The number of rotatable bonds is 6. The minimum atomic E-state index is -1.88. The van der Waals surface area contributed by atoms with E-state index in [2.05, 4.69) is 20.8 Å². The molecule has 1 aliphatic carbocycles. The minimum absolute atomic E-state index is 0.127. The van der Waals surface area contributed by atoms with Crippen LogP contribution >= 0.6 is 0 Å². The summed E-state index contributed by atoms with van der Waals surface area (Å²) in [5.74, 6) is 0.172. The van der Waals surface area contributed by atoms with Gasteiger partial charge in [-0.2, -0.15) is 0 Å². The summed E-state index contributed by atoms with van der Waals surface area (Å²) >= 11 is 0. The van der Waals surface area contributed by atoms with E-state index in [-0.39, 0.29) is 11.9 Å². The molecule has 1 heterocycles. The van der Waals surface area contributed by atoms with Crippen molar-refractivity contribution < 1.29 is 18.8 Å². The summed E-state index contributed by atoms with van der Waals surface area (Å²) in [6, 6.07) is 2.90. The third-order valence-corrected chi connectivity index (χ3v) is 10.2. The predicted molar refractivity (Wildman–Crippen MR) is 96.3 cm³/mol. The Morgan fingerprint density at radius 3 is 2.08 bits per heavy atom. The molecule has 24 heavy (non-hydrogen) atoms. The molecular weight excluding hydrogens is 322 g/mol. The van der Waals surface area contributed by atoms with Gasteiger partial charge in [0, 0.05) is 0 Å². The highest BCUT2D eigenvalue weighted by Gasteiger charge is 2.58. The zero-order chi connectivity index (χ0) is 18.1. The molecule has 2 amide bonds. The van der Waals surface area contributed by atoms with Crippen molar-refractivity contribution in [2.75, 3.05) is 0 Å². The molecule has 6 heteroatoms. The Balaban J connectivity index is 2.15. The van der Waals surface area contributed by atoms with Crippen LogP contribution in [0.3, 0.4) is 0 Å². The Morgan fingerprint density at radius 1 is 1.17 bits per heavy atom. The number of imide groups is 1. The van der Waals surface area contributed by atoms with E-state index < -0.39 is 26.1 Å². The van der Waals surface area contributed by atoms with Crippen LogP contribution in [0.2, 0.25) is 18.1 Å². The molecule has 2 aliphatic rings. The van der Waals surface area contributed by atoms with E-state index in [1.54, 1.807) is 0 Å². The van der Waals surface area contributed by atoms with E-state index in [1.807, 2.05) is 20.8 Å². The number of ether oxygens (including phenoxy) is 1. The molecule has 0 unspecified atom stereocenters. The van der Waals surface area contributed by atoms with E-state index >= 15 is 0 Å². The van der Waals surface area contributed by atoms with Crippen LogP contribution < -0.4 is 0 Å². The van der Waals surface area contributed by atoms with Crippen molar-refractivity contribution >= 4 is 20.3 Å².